The van der Waals surface area contributed by atoms with Gasteiger partial charge in [-0.3, -0.25) is 9.69 Å². The molecule has 128 valence electrons. The molecule has 1 N–H and O–H groups in total. The number of carbonyl (C=O) groups is 1. The molecular weight excluding hydrogens is 297 g/mol. The first-order valence-corrected chi connectivity index (χ1v) is 8.30. The monoisotopic (exact) mass is 323 g/mol. The van der Waals surface area contributed by atoms with Gasteiger partial charge in [-0.25, -0.2) is 9.37 Å². The topological polar surface area (TPSA) is 54.5 Å². The molecule has 6 heteroatoms. The van der Waals surface area contributed by atoms with E-state index in [0.29, 0.717) is 31.0 Å². The van der Waals surface area contributed by atoms with Crippen LogP contribution in [0.25, 0.3) is 0 Å². The van der Waals surface area contributed by atoms with Crippen molar-refractivity contribution in [1.29, 1.82) is 0 Å². The summed E-state index contributed by atoms with van der Waals surface area (Å²) in [6.45, 7) is 5.07. The lowest BCUT2D eigenvalue weighted by atomic mass is 9.97. The highest BCUT2D eigenvalue weighted by Gasteiger charge is 2.22. The molecule has 1 aromatic heterocycles. The first-order valence-electron chi connectivity index (χ1n) is 8.30. The Kier molecular flexibility index (Phi) is 6.77. The lowest BCUT2D eigenvalue weighted by molar-refractivity contribution is -0.121. The average molecular weight is 323 g/mol. The number of likely N-dealkylation sites (tertiary alicyclic amines) is 1. The van der Waals surface area contributed by atoms with Crippen LogP contribution in [0.1, 0.15) is 38.2 Å². The zero-order valence-corrected chi connectivity index (χ0v) is 14.0. The maximum Gasteiger partial charge on any atom is 0.250 e. The number of methoxy groups -OCH3 is 1. The molecule has 0 aromatic carbocycles. The summed E-state index contributed by atoms with van der Waals surface area (Å²) in [5, 5.41) is 3.00. The molecule has 1 fully saturated rings. The average Bonchev–Trinajstić information content (AvgIpc) is 2.56. The van der Waals surface area contributed by atoms with Gasteiger partial charge in [-0.15, -0.1) is 0 Å². The molecule has 0 saturated carbocycles. The summed E-state index contributed by atoms with van der Waals surface area (Å²) < 4.78 is 19.1. The number of ether oxygens (including phenoxy) is 1. The number of nitrogens with zero attached hydrogens (tertiary/aromatic N) is 2. The minimum atomic E-state index is -0.381. The second-order valence-electron chi connectivity index (χ2n) is 6.09. The van der Waals surface area contributed by atoms with E-state index in [1.807, 2.05) is 6.92 Å². The van der Waals surface area contributed by atoms with E-state index in [0.717, 1.165) is 32.4 Å². The van der Waals surface area contributed by atoms with E-state index in [2.05, 4.69) is 15.2 Å². The zero-order valence-electron chi connectivity index (χ0n) is 14.0. The maximum absolute atomic E-state index is 14.2. The van der Waals surface area contributed by atoms with Crippen LogP contribution in [0, 0.1) is 11.7 Å². The Labute approximate surface area is 137 Å². The number of hydrogen-bond acceptors (Lipinski definition) is 4. The minimum absolute atomic E-state index is 0.0443. The molecule has 2 heterocycles. The number of piperidine rings is 1. The number of aromatic nitrogens is 1. The highest BCUT2D eigenvalue weighted by Crippen LogP contribution is 2.22. The standard InChI is InChI=1S/C17H26FN3O2/c1-3-5-15(22)20-10-13-6-4-9-21(11-13)12-14-7-8-19-17(23-2)16(14)18/h7-8,13H,3-6,9-12H2,1-2H3,(H,20,22). The quantitative estimate of drug-likeness (QED) is 0.837. The lowest BCUT2D eigenvalue weighted by Gasteiger charge is -2.33. The Morgan fingerprint density at radius 1 is 1.57 bits per heavy atom. The highest BCUT2D eigenvalue weighted by molar-refractivity contribution is 5.75. The fourth-order valence-electron chi connectivity index (χ4n) is 3.00. The first kappa shape index (κ1) is 17.7. The molecule has 1 atom stereocenters. The summed E-state index contributed by atoms with van der Waals surface area (Å²) >= 11 is 0. The van der Waals surface area contributed by atoms with Crippen molar-refractivity contribution >= 4 is 5.91 Å². The van der Waals surface area contributed by atoms with Gasteiger partial charge < -0.3 is 10.1 Å². The molecule has 0 bridgehead atoms. The molecular formula is C17H26FN3O2. The van der Waals surface area contributed by atoms with Gasteiger partial charge in [-0.1, -0.05) is 6.92 Å². The fraction of sp³-hybridized carbons (Fsp3) is 0.647. The van der Waals surface area contributed by atoms with Gasteiger partial charge in [0.1, 0.15) is 0 Å². The second kappa shape index (κ2) is 8.82. The smallest absolute Gasteiger partial charge is 0.250 e. The Hall–Kier alpha value is -1.69. The maximum atomic E-state index is 14.2. The normalized spacial score (nSPS) is 18.7. The molecule has 1 unspecified atom stereocenters. The van der Waals surface area contributed by atoms with Crippen LogP contribution in [0.2, 0.25) is 0 Å². The molecule has 1 amide bonds. The van der Waals surface area contributed by atoms with Gasteiger partial charge in [0.2, 0.25) is 11.8 Å². The summed E-state index contributed by atoms with van der Waals surface area (Å²) in [4.78, 5) is 17.7. The van der Waals surface area contributed by atoms with Gasteiger partial charge in [-0.2, -0.15) is 0 Å². The van der Waals surface area contributed by atoms with E-state index in [1.165, 1.54) is 7.11 Å². The number of hydrogen-bond donors (Lipinski definition) is 1. The predicted octanol–water partition coefficient (Wildman–Crippen LogP) is 2.36. The van der Waals surface area contributed by atoms with E-state index in [4.69, 9.17) is 4.74 Å². The summed E-state index contributed by atoms with van der Waals surface area (Å²) in [6, 6.07) is 1.70. The summed E-state index contributed by atoms with van der Waals surface area (Å²) in [6.07, 6.45) is 5.19. The Morgan fingerprint density at radius 2 is 2.39 bits per heavy atom. The van der Waals surface area contributed by atoms with Crippen molar-refractivity contribution in [1.82, 2.24) is 15.2 Å². The molecule has 0 aliphatic carbocycles. The highest BCUT2D eigenvalue weighted by atomic mass is 19.1. The van der Waals surface area contributed by atoms with Crippen LogP contribution in [-0.2, 0) is 11.3 Å². The first-order chi connectivity index (χ1) is 11.1. The van der Waals surface area contributed by atoms with Gasteiger partial charge in [0.05, 0.1) is 7.11 Å². The summed E-state index contributed by atoms with van der Waals surface area (Å²) in [7, 11) is 1.42. The second-order valence-corrected chi connectivity index (χ2v) is 6.09. The van der Waals surface area contributed by atoms with E-state index < -0.39 is 0 Å². The van der Waals surface area contributed by atoms with Crippen LogP contribution in [0.15, 0.2) is 12.3 Å². The van der Waals surface area contributed by atoms with Crippen LogP contribution in [0.4, 0.5) is 4.39 Å². The van der Waals surface area contributed by atoms with Gasteiger partial charge in [-0.05, 0) is 37.8 Å². The molecule has 23 heavy (non-hydrogen) atoms. The number of carbonyl (C=O) groups excluding carboxylic acids is 1. The van der Waals surface area contributed by atoms with Crippen molar-refractivity contribution in [3.63, 3.8) is 0 Å². The Balaban J connectivity index is 1.88. The van der Waals surface area contributed by atoms with Crippen molar-refractivity contribution < 1.29 is 13.9 Å². The Morgan fingerprint density at radius 3 is 3.13 bits per heavy atom. The molecule has 1 saturated heterocycles. The molecule has 1 aliphatic heterocycles. The molecule has 0 radical (unpaired) electrons. The van der Waals surface area contributed by atoms with Gasteiger partial charge in [0.15, 0.2) is 5.82 Å². The van der Waals surface area contributed by atoms with Crippen molar-refractivity contribution in [3.05, 3.63) is 23.6 Å². The molecule has 5 nitrogen and oxygen atoms in total. The molecule has 0 spiro atoms. The lowest BCUT2D eigenvalue weighted by Crippen LogP contribution is -2.40. The molecule has 1 aromatic rings. The van der Waals surface area contributed by atoms with Crippen LogP contribution < -0.4 is 10.1 Å². The van der Waals surface area contributed by atoms with Crippen molar-refractivity contribution in [2.45, 2.75) is 39.2 Å². The van der Waals surface area contributed by atoms with Gasteiger partial charge >= 0.3 is 0 Å². The van der Waals surface area contributed by atoms with E-state index in [-0.39, 0.29) is 17.6 Å². The molecule has 1 aliphatic rings. The SMILES string of the molecule is CCCC(=O)NCC1CCCN(Cc2ccnc(OC)c2F)C1. The number of halogens is 1. The van der Waals surface area contributed by atoms with Crippen molar-refractivity contribution in [3.8, 4) is 5.88 Å². The number of rotatable bonds is 7. The largest absolute Gasteiger partial charge is 0.479 e. The van der Waals surface area contributed by atoms with E-state index in [9.17, 15) is 9.18 Å². The van der Waals surface area contributed by atoms with Gasteiger partial charge in [0.25, 0.3) is 0 Å². The van der Waals surface area contributed by atoms with Crippen LogP contribution in [-0.4, -0.2) is 42.5 Å². The third-order valence-corrected chi connectivity index (χ3v) is 4.19. The van der Waals surface area contributed by atoms with Crippen molar-refractivity contribution in [2.24, 2.45) is 5.92 Å². The van der Waals surface area contributed by atoms with Crippen LogP contribution >= 0.6 is 0 Å². The van der Waals surface area contributed by atoms with E-state index >= 15 is 0 Å². The van der Waals surface area contributed by atoms with Gasteiger partial charge in [0, 0.05) is 37.8 Å². The summed E-state index contributed by atoms with van der Waals surface area (Å²) in [5.41, 5.74) is 0.604. The number of amides is 1. The zero-order chi connectivity index (χ0) is 16.7. The van der Waals surface area contributed by atoms with E-state index in [1.54, 1.807) is 12.3 Å². The Bertz CT molecular complexity index is 525. The van der Waals surface area contributed by atoms with Crippen LogP contribution in [0.5, 0.6) is 5.88 Å². The third-order valence-electron chi connectivity index (χ3n) is 4.19. The third kappa shape index (κ3) is 5.16. The summed E-state index contributed by atoms with van der Waals surface area (Å²) in [5.74, 6) is 0.210. The predicted molar refractivity (Wildman–Crippen MR) is 86.7 cm³/mol. The fourth-order valence-corrected chi connectivity index (χ4v) is 3.00. The minimum Gasteiger partial charge on any atom is -0.479 e. The van der Waals surface area contributed by atoms with Crippen molar-refractivity contribution in [2.75, 3.05) is 26.7 Å². The van der Waals surface area contributed by atoms with Crippen LogP contribution in [0.3, 0.4) is 0 Å². The number of pyridine rings is 1. The molecule has 2 rings (SSSR count). The number of nitrogens with one attached hydrogen (secondary N) is 1.